The van der Waals surface area contributed by atoms with Crippen molar-refractivity contribution in [3.05, 3.63) is 29.3 Å². The number of ether oxygens (including phenoxy) is 2. The summed E-state index contributed by atoms with van der Waals surface area (Å²) in [6, 6.07) is 6.45. The highest BCUT2D eigenvalue weighted by Crippen LogP contribution is 2.22. The van der Waals surface area contributed by atoms with Crippen LogP contribution in [0.25, 0.3) is 0 Å². The Hall–Kier alpha value is -1.06. The molecule has 0 radical (unpaired) electrons. The fraction of sp³-hybridized carbons (Fsp3) is 0.600. The lowest BCUT2D eigenvalue weighted by Gasteiger charge is -2.20. The predicted octanol–water partition coefficient (Wildman–Crippen LogP) is 3.08. The molecule has 102 valence electrons. The second-order valence-corrected chi connectivity index (χ2v) is 4.41. The van der Waals surface area contributed by atoms with Crippen LogP contribution in [0.4, 0.5) is 0 Å². The van der Waals surface area contributed by atoms with E-state index in [1.165, 1.54) is 11.1 Å². The summed E-state index contributed by atoms with van der Waals surface area (Å²) in [7, 11) is 1.70. The van der Waals surface area contributed by atoms with Crippen LogP contribution in [0.5, 0.6) is 5.75 Å². The zero-order chi connectivity index (χ0) is 13.4. The molecule has 1 N–H and O–H groups in total. The fourth-order valence-corrected chi connectivity index (χ4v) is 2.02. The molecule has 0 saturated carbocycles. The number of hydrogen-bond donors (Lipinski definition) is 1. The Labute approximate surface area is 110 Å². The monoisotopic (exact) mass is 251 g/mol. The summed E-state index contributed by atoms with van der Waals surface area (Å²) >= 11 is 0. The zero-order valence-electron chi connectivity index (χ0n) is 12.0. The van der Waals surface area contributed by atoms with E-state index in [4.69, 9.17) is 9.47 Å². The number of benzene rings is 1. The van der Waals surface area contributed by atoms with E-state index in [2.05, 4.69) is 38.2 Å². The molecule has 0 saturated heterocycles. The highest BCUT2D eigenvalue weighted by Gasteiger charge is 2.13. The molecule has 3 heteroatoms. The van der Waals surface area contributed by atoms with Crippen molar-refractivity contribution in [2.75, 3.05) is 26.9 Å². The van der Waals surface area contributed by atoms with Gasteiger partial charge in [-0.15, -0.1) is 0 Å². The maximum absolute atomic E-state index is 5.67. The van der Waals surface area contributed by atoms with Crippen molar-refractivity contribution in [2.45, 2.75) is 33.2 Å². The molecule has 0 bridgehead atoms. The Bertz CT molecular complexity index is 352. The lowest BCUT2D eigenvalue weighted by atomic mass is 10.0. The van der Waals surface area contributed by atoms with Crippen molar-refractivity contribution in [2.24, 2.45) is 0 Å². The normalized spacial score (nSPS) is 12.4. The van der Waals surface area contributed by atoms with E-state index in [1.54, 1.807) is 7.11 Å². The van der Waals surface area contributed by atoms with Gasteiger partial charge in [-0.1, -0.05) is 19.9 Å². The Morgan fingerprint density at radius 3 is 2.61 bits per heavy atom. The van der Waals surface area contributed by atoms with Gasteiger partial charge in [-0.25, -0.2) is 0 Å². The van der Waals surface area contributed by atoms with E-state index in [9.17, 15) is 0 Å². The number of rotatable bonds is 8. The maximum atomic E-state index is 5.67. The minimum Gasteiger partial charge on any atom is -0.497 e. The molecular formula is C15H25NO2. The molecule has 0 amide bonds. The average Bonchev–Trinajstić information content (AvgIpc) is 2.38. The van der Waals surface area contributed by atoms with E-state index in [0.717, 1.165) is 31.9 Å². The van der Waals surface area contributed by atoms with E-state index in [0.29, 0.717) is 0 Å². The van der Waals surface area contributed by atoms with Gasteiger partial charge in [0.1, 0.15) is 5.75 Å². The lowest BCUT2D eigenvalue weighted by molar-refractivity contribution is 0.112. The Morgan fingerprint density at radius 1 is 1.28 bits per heavy atom. The SMILES string of the molecule is CCCOCC(NCC)c1ccc(OC)cc1C. The molecule has 1 aromatic rings. The Morgan fingerprint density at radius 2 is 2.06 bits per heavy atom. The quantitative estimate of drug-likeness (QED) is 0.720. The van der Waals surface area contributed by atoms with Crippen molar-refractivity contribution >= 4 is 0 Å². The number of likely N-dealkylation sites (N-methyl/N-ethyl adjacent to an activating group) is 1. The van der Waals surface area contributed by atoms with Gasteiger partial charge in [0.05, 0.1) is 19.8 Å². The minimum atomic E-state index is 0.257. The summed E-state index contributed by atoms with van der Waals surface area (Å²) in [4.78, 5) is 0. The maximum Gasteiger partial charge on any atom is 0.119 e. The summed E-state index contributed by atoms with van der Waals surface area (Å²) in [5.74, 6) is 0.904. The third-order valence-electron chi connectivity index (χ3n) is 2.94. The molecular weight excluding hydrogens is 226 g/mol. The van der Waals surface area contributed by atoms with Crippen LogP contribution in [0.3, 0.4) is 0 Å². The zero-order valence-corrected chi connectivity index (χ0v) is 12.0. The highest BCUT2D eigenvalue weighted by molar-refractivity contribution is 5.36. The molecule has 1 unspecified atom stereocenters. The summed E-state index contributed by atoms with van der Waals surface area (Å²) in [5, 5.41) is 3.47. The first-order chi connectivity index (χ1) is 8.72. The molecule has 3 nitrogen and oxygen atoms in total. The predicted molar refractivity (Wildman–Crippen MR) is 75.3 cm³/mol. The number of methoxy groups -OCH3 is 1. The fourth-order valence-electron chi connectivity index (χ4n) is 2.02. The summed E-state index contributed by atoms with van der Waals surface area (Å²) in [5.41, 5.74) is 2.52. The Kier molecular flexibility index (Phi) is 6.76. The second kappa shape index (κ2) is 8.11. The van der Waals surface area contributed by atoms with Crippen molar-refractivity contribution in [3.63, 3.8) is 0 Å². The molecule has 0 aromatic heterocycles. The molecule has 0 fully saturated rings. The van der Waals surface area contributed by atoms with E-state index < -0.39 is 0 Å². The third kappa shape index (κ3) is 4.31. The molecule has 0 aliphatic heterocycles. The van der Waals surface area contributed by atoms with Crippen LogP contribution in [-0.2, 0) is 4.74 Å². The standard InChI is InChI=1S/C15H25NO2/c1-5-9-18-11-15(16-6-2)14-8-7-13(17-4)10-12(14)3/h7-8,10,15-16H,5-6,9,11H2,1-4H3. The van der Waals surface area contributed by atoms with Crippen LogP contribution in [-0.4, -0.2) is 26.9 Å². The minimum absolute atomic E-state index is 0.257. The van der Waals surface area contributed by atoms with E-state index in [1.807, 2.05) is 6.07 Å². The topological polar surface area (TPSA) is 30.5 Å². The van der Waals surface area contributed by atoms with Crippen LogP contribution in [0.1, 0.15) is 37.4 Å². The van der Waals surface area contributed by atoms with Crippen molar-refractivity contribution in [1.82, 2.24) is 5.32 Å². The molecule has 0 heterocycles. The summed E-state index contributed by atoms with van der Waals surface area (Å²) in [6.45, 7) is 8.83. The van der Waals surface area contributed by atoms with Crippen molar-refractivity contribution in [3.8, 4) is 5.75 Å². The van der Waals surface area contributed by atoms with E-state index in [-0.39, 0.29) is 6.04 Å². The van der Waals surface area contributed by atoms with Gasteiger partial charge in [-0.3, -0.25) is 0 Å². The van der Waals surface area contributed by atoms with E-state index >= 15 is 0 Å². The van der Waals surface area contributed by atoms with Gasteiger partial charge >= 0.3 is 0 Å². The largest absolute Gasteiger partial charge is 0.497 e. The number of nitrogens with one attached hydrogen (secondary N) is 1. The van der Waals surface area contributed by atoms with Gasteiger partial charge < -0.3 is 14.8 Å². The van der Waals surface area contributed by atoms with Gasteiger partial charge in [0, 0.05) is 6.61 Å². The molecule has 1 atom stereocenters. The van der Waals surface area contributed by atoms with Crippen LogP contribution in [0, 0.1) is 6.92 Å². The van der Waals surface area contributed by atoms with Gasteiger partial charge in [0.15, 0.2) is 0 Å². The van der Waals surface area contributed by atoms with Gasteiger partial charge in [0.2, 0.25) is 0 Å². The first kappa shape index (κ1) is 15.0. The highest BCUT2D eigenvalue weighted by atomic mass is 16.5. The number of aryl methyl sites for hydroxylation is 1. The molecule has 18 heavy (non-hydrogen) atoms. The summed E-state index contributed by atoms with van der Waals surface area (Å²) < 4.78 is 10.9. The molecule has 0 aliphatic carbocycles. The first-order valence-corrected chi connectivity index (χ1v) is 6.68. The van der Waals surface area contributed by atoms with Crippen LogP contribution >= 0.6 is 0 Å². The van der Waals surface area contributed by atoms with Gasteiger partial charge in [-0.05, 0) is 43.1 Å². The van der Waals surface area contributed by atoms with Crippen LogP contribution in [0.15, 0.2) is 18.2 Å². The van der Waals surface area contributed by atoms with Crippen molar-refractivity contribution < 1.29 is 9.47 Å². The third-order valence-corrected chi connectivity index (χ3v) is 2.94. The smallest absolute Gasteiger partial charge is 0.119 e. The van der Waals surface area contributed by atoms with Crippen LogP contribution in [0.2, 0.25) is 0 Å². The summed E-state index contributed by atoms with van der Waals surface area (Å²) in [6.07, 6.45) is 1.06. The molecule has 1 aromatic carbocycles. The molecule has 0 spiro atoms. The Balaban J connectivity index is 2.77. The molecule has 0 aliphatic rings. The lowest BCUT2D eigenvalue weighted by Crippen LogP contribution is -2.26. The average molecular weight is 251 g/mol. The first-order valence-electron chi connectivity index (χ1n) is 6.68. The van der Waals surface area contributed by atoms with Gasteiger partial charge in [-0.2, -0.15) is 0 Å². The second-order valence-electron chi connectivity index (χ2n) is 4.41. The number of hydrogen-bond acceptors (Lipinski definition) is 3. The van der Waals surface area contributed by atoms with Crippen LogP contribution < -0.4 is 10.1 Å². The van der Waals surface area contributed by atoms with Gasteiger partial charge in [0.25, 0.3) is 0 Å². The van der Waals surface area contributed by atoms with Crippen molar-refractivity contribution in [1.29, 1.82) is 0 Å². The molecule has 1 rings (SSSR count).